The van der Waals surface area contributed by atoms with Crippen molar-refractivity contribution in [3.05, 3.63) is 47.5 Å². The minimum Gasteiger partial charge on any atom is -0.465 e. The molecule has 6 heteroatoms. The maximum Gasteiger partial charge on any atom is 0.404 e. The summed E-state index contributed by atoms with van der Waals surface area (Å²) in [7, 11) is 0. The van der Waals surface area contributed by atoms with Gasteiger partial charge in [0.2, 0.25) is 0 Å². The highest BCUT2D eigenvalue weighted by atomic mass is 19.1. The number of amides is 1. The molecular weight excluding hydrogens is 256 g/mol. The van der Waals surface area contributed by atoms with Crippen molar-refractivity contribution in [3.8, 4) is 0 Å². The lowest BCUT2D eigenvalue weighted by Gasteiger charge is -2.33. The van der Waals surface area contributed by atoms with Crippen molar-refractivity contribution in [2.45, 2.75) is 18.6 Å². The van der Waals surface area contributed by atoms with Gasteiger partial charge in [-0.15, -0.1) is 0 Å². The van der Waals surface area contributed by atoms with Crippen LogP contribution in [-0.2, 0) is 4.74 Å². The second-order valence-corrected chi connectivity index (χ2v) is 4.41. The highest BCUT2D eigenvalue weighted by molar-refractivity contribution is 5.65. The van der Waals surface area contributed by atoms with Crippen molar-refractivity contribution in [2.24, 2.45) is 0 Å². The molecule has 0 spiro atoms. The minimum atomic E-state index is -1.25. The van der Waals surface area contributed by atoms with Crippen LogP contribution in [0.3, 0.4) is 0 Å². The zero-order chi connectivity index (χ0) is 14.0. The molecule has 4 nitrogen and oxygen atoms in total. The second kappa shape index (κ2) is 5.36. The van der Waals surface area contributed by atoms with E-state index in [0.717, 1.165) is 18.2 Å². The normalized spacial score (nSPS) is 23.2. The Morgan fingerprint density at radius 2 is 2.21 bits per heavy atom. The largest absolute Gasteiger partial charge is 0.465 e. The van der Waals surface area contributed by atoms with Gasteiger partial charge in [0.05, 0.1) is 12.6 Å². The van der Waals surface area contributed by atoms with Gasteiger partial charge in [0.1, 0.15) is 17.7 Å². The molecule has 2 rings (SSSR count). The van der Waals surface area contributed by atoms with Gasteiger partial charge in [-0.05, 0) is 30.2 Å². The van der Waals surface area contributed by atoms with Crippen molar-refractivity contribution in [2.75, 3.05) is 6.61 Å². The minimum absolute atomic E-state index is 0.00579. The first kappa shape index (κ1) is 13.5. The van der Waals surface area contributed by atoms with Crippen LogP contribution in [0, 0.1) is 11.6 Å². The maximum atomic E-state index is 13.7. The van der Waals surface area contributed by atoms with E-state index in [2.05, 4.69) is 11.9 Å². The Bertz CT molecular complexity index is 517. The molecule has 0 bridgehead atoms. The van der Waals surface area contributed by atoms with Crippen LogP contribution in [0.5, 0.6) is 0 Å². The standard InChI is InChI=1S/C13H13F2NO3/c1-7-4-11(16-13(17)18)12(19-6-7)9-5-8(14)2-3-10(9)15/h2-3,5,11-12,16H,1,4,6H2,(H,17,18)/t11-,12+/m0/s1. The molecule has 1 fully saturated rings. The summed E-state index contributed by atoms with van der Waals surface area (Å²) in [5.41, 5.74) is 0.707. The van der Waals surface area contributed by atoms with E-state index in [0.29, 0.717) is 12.0 Å². The van der Waals surface area contributed by atoms with Crippen LogP contribution in [-0.4, -0.2) is 23.8 Å². The van der Waals surface area contributed by atoms with Gasteiger partial charge in [-0.2, -0.15) is 0 Å². The van der Waals surface area contributed by atoms with E-state index in [9.17, 15) is 13.6 Å². The molecule has 102 valence electrons. The number of ether oxygens (including phenoxy) is 1. The van der Waals surface area contributed by atoms with E-state index in [4.69, 9.17) is 9.84 Å². The first-order valence-electron chi connectivity index (χ1n) is 5.70. The molecule has 1 aromatic carbocycles. The van der Waals surface area contributed by atoms with E-state index in [-0.39, 0.29) is 12.2 Å². The Morgan fingerprint density at radius 3 is 2.89 bits per heavy atom. The maximum absolute atomic E-state index is 13.7. The fourth-order valence-corrected chi connectivity index (χ4v) is 2.13. The molecule has 0 aliphatic carbocycles. The lowest BCUT2D eigenvalue weighted by atomic mass is 9.93. The summed E-state index contributed by atoms with van der Waals surface area (Å²) < 4.78 is 32.3. The van der Waals surface area contributed by atoms with Gasteiger partial charge in [0.15, 0.2) is 0 Å². The van der Waals surface area contributed by atoms with Gasteiger partial charge >= 0.3 is 6.09 Å². The molecular formula is C13H13F2NO3. The Hall–Kier alpha value is -1.95. The van der Waals surface area contributed by atoms with Gasteiger partial charge < -0.3 is 15.2 Å². The summed E-state index contributed by atoms with van der Waals surface area (Å²) in [6.07, 6.45) is -1.78. The van der Waals surface area contributed by atoms with Crippen molar-refractivity contribution in [1.29, 1.82) is 0 Å². The average molecular weight is 269 g/mol. The number of nitrogens with one attached hydrogen (secondary N) is 1. The number of benzene rings is 1. The third-order valence-corrected chi connectivity index (χ3v) is 2.91. The number of carboxylic acid groups (broad SMARTS) is 1. The van der Waals surface area contributed by atoms with Crippen molar-refractivity contribution >= 4 is 6.09 Å². The Balaban J connectivity index is 2.31. The average Bonchev–Trinajstić information content (AvgIpc) is 2.32. The quantitative estimate of drug-likeness (QED) is 0.811. The van der Waals surface area contributed by atoms with Crippen LogP contribution in [0.2, 0.25) is 0 Å². The Labute approximate surface area is 108 Å². The summed E-state index contributed by atoms with van der Waals surface area (Å²) in [6.45, 7) is 3.91. The summed E-state index contributed by atoms with van der Waals surface area (Å²) in [5, 5.41) is 11.0. The van der Waals surface area contributed by atoms with Crippen LogP contribution < -0.4 is 5.32 Å². The lowest BCUT2D eigenvalue weighted by molar-refractivity contribution is 0.0143. The van der Waals surface area contributed by atoms with Crippen molar-refractivity contribution in [3.63, 3.8) is 0 Å². The zero-order valence-corrected chi connectivity index (χ0v) is 10.0. The third-order valence-electron chi connectivity index (χ3n) is 2.91. The number of halogens is 2. The van der Waals surface area contributed by atoms with E-state index >= 15 is 0 Å². The number of rotatable bonds is 2. The molecule has 0 unspecified atom stereocenters. The molecule has 0 radical (unpaired) electrons. The molecule has 2 N–H and O–H groups in total. The predicted molar refractivity (Wildman–Crippen MR) is 63.8 cm³/mol. The summed E-state index contributed by atoms with van der Waals surface area (Å²) in [6, 6.07) is 2.33. The zero-order valence-electron chi connectivity index (χ0n) is 10.0. The Morgan fingerprint density at radius 1 is 1.47 bits per heavy atom. The Kier molecular flexibility index (Phi) is 3.80. The van der Waals surface area contributed by atoms with Crippen LogP contribution in [0.25, 0.3) is 0 Å². The molecule has 1 amide bonds. The molecule has 1 aromatic rings. The summed E-state index contributed by atoms with van der Waals surface area (Å²) >= 11 is 0. The van der Waals surface area contributed by atoms with E-state index in [1.165, 1.54) is 0 Å². The molecule has 1 aliphatic heterocycles. The van der Waals surface area contributed by atoms with Crippen LogP contribution in [0.1, 0.15) is 18.1 Å². The van der Waals surface area contributed by atoms with Gasteiger partial charge in [-0.25, -0.2) is 13.6 Å². The highest BCUT2D eigenvalue weighted by Crippen LogP contribution is 2.32. The van der Waals surface area contributed by atoms with Crippen molar-refractivity contribution < 1.29 is 23.4 Å². The molecule has 0 saturated carbocycles. The molecule has 1 aliphatic rings. The van der Waals surface area contributed by atoms with Gasteiger partial charge in [-0.1, -0.05) is 6.58 Å². The summed E-state index contributed by atoms with van der Waals surface area (Å²) in [5.74, 6) is -1.23. The topological polar surface area (TPSA) is 58.6 Å². The third kappa shape index (κ3) is 3.08. The first-order chi connectivity index (χ1) is 8.97. The molecule has 1 heterocycles. The molecule has 1 saturated heterocycles. The molecule has 19 heavy (non-hydrogen) atoms. The van der Waals surface area contributed by atoms with Crippen LogP contribution in [0.4, 0.5) is 13.6 Å². The highest BCUT2D eigenvalue weighted by Gasteiger charge is 2.32. The van der Waals surface area contributed by atoms with E-state index < -0.39 is 29.9 Å². The first-order valence-corrected chi connectivity index (χ1v) is 5.70. The van der Waals surface area contributed by atoms with E-state index in [1.54, 1.807) is 0 Å². The fraction of sp³-hybridized carbons (Fsp3) is 0.308. The monoisotopic (exact) mass is 269 g/mol. The van der Waals surface area contributed by atoms with Gasteiger partial charge in [-0.3, -0.25) is 0 Å². The SMILES string of the molecule is C=C1CO[C@H](c2cc(F)ccc2F)[C@@H](NC(=O)O)C1. The van der Waals surface area contributed by atoms with Crippen LogP contribution >= 0.6 is 0 Å². The molecule has 0 aromatic heterocycles. The van der Waals surface area contributed by atoms with Crippen LogP contribution in [0.15, 0.2) is 30.4 Å². The van der Waals surface area contributed by atoms with Gasteiger partial charge in [0.25, 0.3) is 0 Å². The van der Waals surface area contributed by atoms with Gasteiger partial charge in [0, 0.05) is 5.56 Å². The lowest BCUT2D eigenvalue weighted by Crippen LogP contribution is -2.43. The number of hydrogen-bond acceptors (Lipinski definition) is 2. The predicted octanol–water partition coefficient (Wildman–Crippen LogP) is 2.62. The number of hydrogen-bond donors (Lipinski definition) is 2. The van der Waals surface area contributed by atoms with Crippen molar-refractivity contribution in [1.82, 2.24) is 5.32 Å². The smallest absolute Gasteiger partial charge is 0.404 e. The second-order valence-electron chi connectivity index (χ2n) is 4.41. The van der Waals surface area contributed by atoms with E-state index in [1.807, 2.05) is 0 Å². The summed E-state index contributed by atoms with van der Waals surface area (Å²) in [4.78, 5) is 10.7. The fourth-order valence-electron chi connectivity index (χ4n) is 2.13. The molecule has 2 atom stereocenters. The number of carbonyl (C=O) groups is 1.